The molecule has 0 aliphatic rings. The number of benzene rings is 1. The normalized spacial score (nSPS) is 13.0. The highest BCUT2D eigenvalue weighted by atomic mass is 15.1. The maximum Gasteiger partial charge on any atom is 0.0994 e. The van der Waals surface area contributed by atoms with E-state index in [2.05, 4.69) is 55.4 Å². The van der Waals surface area contributed by atoms with Crippen LogP contribution in [0.3, 0.4) is 0 Å². The van der Waals surface area contributed by atoms with Crippen LogP contribution in [0.15, 0.2) is 30.7 Å². The van der Waals surface area contributed by atoms with Crippen LogP contribution in [0, 0.1) is 19.8 Å². The molecule has 0 radical (unpaired) electrons. The van der Waals surface area contributed by atoms with Crippen molar-refractivity contribution >= 4 is 0 Å². The maximum absolute atomic E-state index is 6.25. The topological polar surface area (TPSA) is 43.8 Å². The molecule has 3 heteroatoms. The molecular weight excluding hydrogens is 222 g/mol. The number of nitrogens with zero attached hydrogens (tertiary/aromatic N) is 2. The monoisotopic (exact) mass is 243 g/mol. The summed E-state index contributed by atoms with van der Waals surface area (Å²) in [4.78, 5) is 4.26. The molecule has 2 aromatic rings. The molecule has 3 nitrogen and oxygen atoms in total. The summed E-state index contributed by atoms with van der Waals surface area (Å²) < 4.78 is 2.10. The third kappa shape index (κ3) is 2.18. The summed E-state index contributed by atoms with van der Waals surface area (Å²) in [5, 5.41) is 0. The largest absolute Gasteiger partial charge is 0.322 e. The highest BCUT2D eigenvalue weighted by Crippen LogP contribution is 2.24. The second-order valence-corrected chi connectivity index (χ2v) is 5.18. The minimum absolute atomic E-state index is 0.00686. The lowest BCUT2D eigenvalue weighted by Gasteiger charge is -2.19. The highest BCUT2D eigenvalue weighted by Gasteiger charge is 2.16. The zero-order valence-corrected chi connectivity index (χ0v) is 11.5. The molecule has 1 heterocycles. The fraction of sp³-hybridized carbons (Fsp3) is 0.400. The standard InChI is InChI=1S/C15H21N3/c1-10(2)15(16)14-8-17-9-18(14)13-7-5-6-11(3)12(13)4/h5-10,15H,16H2,1-4H3. The van der Waals surface area contributed by atoms with Crippen molar-refractivity contribution in [1.29, 1.82) is 0 Å². The predicted molar refractivity (Wildman–Crippen MR) is 74.8 cm³/mol. The van der Waals surface area contributed by atoms with Crippen LogP contribution < -0.4 is 5.73 Å². The van der Waals surface area contributed by atoms with Crippen molar-refractivity contribution in [2.24, 2.45) is 11.7 Å². The van der Waals surface area contributed by atoms with E-state index >= 15 is 0 Å². The molecule has 1 atom stereocenters. The SMILES string of the molecule is Cc1cccc(-n2cncc2C(N)C(C)C)c1C. The maximum atomic E-state index is 6.25. The van der Waals surface area contributed by atoms with Gasteiger partial charge in [-0.25, -0.2) is 4.98 Å². The average molecular weight is 243 g/mol. The van der Waals surface area contributed by atoms with Gasteiger partial charge >= 0.3 is 0 Å². The molecule has 2 N–H and O–H groups in total. The van der Waals surface area contributed by atoms with Crippen molar-refractivity contribution in [2.75, 3.05) is 0 Å². The first-order valence-electron chi connectivity index (χ1n) is 6.36. The molecule has 2 rings (SSSR count). The van der Waals surface area contributed by atoms with Gasteiger partial charge in [0.25, 0.3) is 0 Å². The number of aromatic nitrogens is 2. The van der Waals surface area contributed by atoms with E-state index in [0.29, 0.717) is 5.92 Å². The van der Waals surface area contributed by atoms with Crippen LogP contribution in [-0.4, -0.2) is 9.55 Å². The van der Waals surface area contributed by atoms with Gasteiger partial charge in [-0.15, -0.1) is 0 Å². The van der Waals surface area contributed by atoms with Crippen LogP contribution in [0.4, 0.5) is 0 Å². The predicted octanol–water partition coefficient (Wildman–Crippen LogP) is 3.14. The van der Waals surface area contributed by atoms with Gasteiger partial charge in [0.2, 0.25) is 0 Å². The summed E-state index contributed by atoms with van der Waals surface area (Å²) in [6.07, 6.45) is 3.71. The number of hydrogen-bond donors (Lipinski definition) is 1. The van der Waals surface area contributed by atoms with Gasteiger partial charge < -0.3 is 10.3 Å². The molecule has 0 saturated carbocycles. The van der Waals surface area contributed by atoms with Gasteiger partial charge in [0.1, 0.15) is 0 Å². The lowest BCUT2D eigenvalue weighted by molar-refractivity contribution is 0.497. The zero-order valence-electron chi connectivity index (χ0n) is 11.5. The highest BCUT2D eigenvalue weighted by molar-refractivity contribution is 5.46. The van der Waals surface area contributed by atoms with Crippen LogP contribution in [0.1, 0.15) is 36.7 Å². The minimum Gasteiger partial charge on any atom is -0.322 e. The molecular formula is C15H21N3. The molecule has 0 aliphatic carbocycles. The molecule has 1 unspecified atom stereocenters. The van der Waals surface area contributed by atoms with E-state index in [0.717, 1.165) is 5.69 Å². The van der Waals surface area contributed by atoms with Gasteiger partial charge in [0.15, 0.2) is 0 Å². The van der Waals surface area contributed by atoms with Crippen LogP contribution in [0.5, 0.6) is 0 Å². The smallest absolute Gasteiger partial charge is 0.0994 e. The Morgan fingerprint density at radius 1 is 1.22 bits per heavy atom. The summed E-state index contributed by atoms with van der Waals surface area (Å²) in [7, 11) is 0. The van der Waals surface area contributed by atoms with Crippen molar-refractivity contribution in [2.45, 2.75) is 33.7 Å². The molecule has 1 aromatic carbocycles. The Balaban J connectivity index is 2.52. The van der Waals surface area contributed by atoms with Crippen LogP contribution in [0.2, 0.25) is 0 Å². The third-order valence-electron chi connectivity index (χ3n) is 3.56. The Bertz CT molecular complexity index is 540. The molecule has 0 bridgehead atoms. The second-order valence-electron chi connectivity index (χ2n) is 5.18. The van der Waals surface area contributed by atoms with Crippen LogP contribution >= 0.6 is 0 Å². The number of aryl methyl sites for hydroxylation is 1. The third-order valence-corrected chi connectivity index (χ3v) is 3.56. The Morgan fingerprint density at radius 3 is 2.61 bits per heavy atom. The number of hydrogen-bond acceptors (Lipinski definition) is 2. The molecule has 0 saturated heterocycles. The van der Waals surface area contributed by atoms with Crippen molar-refractivity contribution in [1.82, 2.24) is 9.55 Å². The lowest BCUT2D eigenvalue weighted by atomic mass is 10.0. The van der Waals surface area contributed by atoms with Gasteiger partial charge in [-0.3, -0.25) is 0 Å². The minimum atomic E-state index is 0.00686. The van der Waals surface area contributed by atoms with E-state index in [-0.39, 0.29) is 6.04 Å². The first-order valence-corrected chi connectivity index (χ1v) is 6.36. The summed E-state index contributed by atoms with van der Waals surface area (Å²) in [6, 6.07) is 6.31. The van der Waals surface area contributed by atoms with E-state index in [1.165, 1.54) is 16.8 Å². The number of rotatable bonds is 3. The molecule has 18 heavy (non-hydrogen) atoms. The fourth-order valence-corrected chi connectivity index (χ4v) is 2.09. The summed E-state index contributed by atoms with van der Waals surface area (Å²) in [6.45, 7) is 8.52. The van der Waals surface area contributed by atoms with E-state index in [4.69, 9.17) is 5.73 Å². The van der Waals surface area contributed by atoms with Crippen molar-refractivity contribution in [3.63, 3.8) is 0 Å². The van der Waals surface area contributed by atoms with Crippen molar-refractivity contribution in [3.05, 3.63) is 47.5 Å². The molecule has 0 aliphatic heterocycles. The Morgan fingerprint density at radius 2 is 1.94 bits per heavy atom. The summed E-state index contributed by atoms with van der Waals surface area (Å²) in [5.41, 5.74) is 11.0. The fourth-order valence-electron chi connectivity index (χ4n) is 2.09. The quantitative estimate of drug-likeness (QED) is 0.900. The van der Waals surface area contributed by atoms with Crippen LogP contribution in [-0.2, 0) is 0 Å². The van der Waals surface area contributed by atoms with Gasteiger partial charge in [0, 0.05) is 11.7 Å². The van der Waals surface area contributed by atoms with Crippen molar-refractivity contribution in [3.8, 4) is 5.69 Å². The Kier molecular flexibility index (Phi) is 3.53. The molecule has 0 amide bonds. The van der Waals surface area contributed by atoms with E-state index in [9.17, 15) is 0 Å². The first kappa shape index (κ1) is 12.8. The number of imidazole rings is 1. The Hall–Kier alpha value is -1.61. The number of nitrogens with two attached hydrogens (primary N) is 1. The van der Waals surface area contributed by atoms with Gasteiger partial charge in [-0.05, 0) is 37.0 Å². The second kappa shape index (κ2) is 4.94. The van der Waals surface area contributed by atoms with Gasteiger partial charge in [-0.2, -0.15) is 0 Å². The van der Waals surface area contributed by atoms with Crippen molar-refractivity contribution < 1.29 is 0 Å². The molecule has 1 aromatic heterocycles. The Labute approximate surface area is 109 Å². The molecule has 0 fully saturated rings. The van der Waals surface area contributed by atoms with Crippen LogP contribution in [0.25, 0.3) is 5.69 Å². The zero-order chi connectivity index (χ0) is 13.3. The summed E-state index contributed by atoms with van der Waals surface area (Å²) >= 11 is 0. The van der Waals surface area contributed by atoms with E-state index < -0.39 is 0 Å². The van der Waals surface area contributed by atoms with E-state index in [1.807, 2.05) is 12.5 Å². The van der Waals surface area contributed by atoms with Gasteiger partial charge in [0.05, 0.1) is 18.2 Å². The average Bonchev–Trinajstić information content (AvgIpc) is 2.80. The molecule has 0 spiro atoms. The van der Waals surface area contributed by atoms with Gasteiger partial charge in [-0.1, -0.05) is 26.0 Å². The molecule has 96 valence electrons. The van der Waals surface area contributed by atoms with E-state index in [1.54, 1.807) is 0 Å². The lowest BCUT2D eigenvalue weighted by Crippen LogP contribution is -2.20. The first-order chi connectivity index (χ1) is 8.52. The summed E-state index contributed by atoms with van der Waals surface area (Å²) in [5.74, 6) is 0.394.